The predicted molar refractivity (Wildman–Crippen MR) is 112 cm³/mol. The Bertz CT molecular complexity index is 1290. The van der Waals surface area contributed by atoms with E-state index in [9.17, 15) is 4.79 Å². The first-order valence-electron chi connectivity index (χ1n) is 9.53. The van der Waals surface area contributed by atoms with E-state index < -0.39 is 0 Å². The van der Waals surface area contributed by atoms with Gasteiger partial charge in [-0.15, -0.1) is 0 Å². The summed E-state index contributed by atoms with van der Waals surface area (Å²) in [6.45, 7) is 2.09. The van der Waals surface area contributed by atoms with Crippen LogP contribution in [-0.2, 0) is 0 Å². The van der Waals surface area contributed by atoms with Crippen LogP contribution in [-0.4, -0.2) is 20.2 Å². The third kappa shape index (κ3) is 2.76. The van der Waals surface area contributed by atoms with Gasteiger partial charge < -0.3 is 4.98 Å². The molecule has 1 aliphatic rings. The molecule has 28 heavy (non-hydrogen) atoms. The van der Waals surface area contributed by atoms with Crippen LogP contribution in [0.4, 0.5) is 0 Å². The molecule has 5 heteroatoms. The largest absolute Gasteiger partial charge is 0.322 e. The molecular formula is C23H20N4O. The van der Waals surface area contributed by atoms with Gasteiger partial charge in [-0.25, -0.2) is 0 Å². The van der Waals surface area contributed by atoms with Crippen LogP contribution in [0.25, 0.3) is 33.1 Å². The van der Waals surface area contributed by atoms with Crippen LogP contribution < -0.4 is 5.56 Å². The van der Waals surface area contributed by atoms with Crippen molar-refractivity contribution in [3.63, 3.8) is 0 Å². The van der Waals surface area contributed by atoms with E-state index in [-0.39, 0.29) is 11.5 Å². The summed E-state index contributed by atoms with van der Waals surface area (Å²) < 4.78 is 0. The minimum absolute atomic E-state index is 0.0342. The molecule has 4 aromatic rings. The molecule has 1 unspecified atom stereocenters. The zero-order chi connectivity index (χ0) is 19.1. The maximum absolute atomic E-state index is 12.7. The summed E-state index contributed by atoms with van der Waals surface area (Å²) in [5.74, 6) is 0.0596. The van der Waals surface area contributed by atoms with Crippen LogP contribution in [0.1, 0.15) is 31.2 Å². The molecule has 5 nitrogen and oxygen atoms in total. The number of allylic oxidation sites excluding steroid dienone is 4. The van der Waals surface area contributed by atoms with Crippen LogP contribution in [0, 0.1) is 0 Å². The van der Waals surface area contributed by atoms with Gasteiger partial charge in [0.15, 0.2) is 0 Å². The summed E-state index contributed by atoms with van der Waals surface area (Å²) in [4.78, 5) is 19.9. The van der Waals surface area contributed by atoms with Gasteiger partial charge in [-0.1, -0.05) is 25.2 Å². The molecule has 3 aromatic heterocycles. The average molecular weight is 368 g/mol. The number of H-pyrrole nitrogens is 2. The lowest BCUT2D eigenvalue weighted by Crippen LogP contribution is -2.16. The quantitative estimate of drug-likeness (QED) is 0.543. The Morgan fingerprint density at radius 3 is 2.71 bits per heavy atom. The van der Waals surface area contributed by atoms with E-state index in [1.165, 1.54) is 5.57 Å². The zero-order valence-electron chi connectivity index (χ0n) is 15.6. The van der Waals surface area contributed by atoms with Crippen molar-refractivity contribution in [1.82, 2.24) is 20.2 Å². The van der Waals surface area contributed by atoms with Gasteiger partial charge in [-0.3, -0.25) is 14.9 Å². The first-order valence-corrected chi connectivity index (χ1v) is 9.53. The highest BCUT2D eigenvalue weighted by Gasteiger charge is 2.16. The Kier molecular flexibility index (Phi) is 3.93. The van der Waals surface area contributed by atoms with Crippen molar-refractivity contribution in [2.75, 3.05) is 0 Å². The number of hydrogen-bond acceptors (Lipinski definition) is 3. The topological polar surface area (TPSA) is 74.4 Å². The van der Waals surface area contributed by atoms with Gasteiger partial charge in [0.1, 0.15) is 5.69 Å². The Morgan fingerprint density at radius 2 is 1.93 bits per heavy atom. The smallest absolute Gasteiger partial charge is 0.252 e. The average Bonchev–Trinajstić information content (AvgIpc) is 3.15. The number of hydrogen-bond donors (Lipinski definition) is 2. The summed E-state index contributed by atoms with van der Waals surface area (Å²) in [6, 6.07) is 9.97. The van der Waals surface area contributed by atoms with Gasteiger partial charge in [0.25, 0.3) is 5.56 Å². The molecule has 0 spiro atoms. The number of aromatic amines is 2. The minimum Gasteiger partial charge on any atom is -0.322 e. The van der Waals surface area contributed by atoms with Crippen molar-refractivity contribution in [1.29, 1.82) is 0 Å². The number of aromatic nitrogens is 4. The molecule has 0 saturated heterocycles. The molecule has 1 aliphatic carbocycles. The molecule has 3 heterocycles. The molecule has 5 rings (SSSR count). The Hall–Kier alpha value is -3.47. The Balaban J connectivity index is 1.67. The molecule has 0 fully saturated rings. The van der Waals surface area contributed by atoms with E-state index >= 15 is 0 Å². The highest BCUT2D eigenvalue weighted by molar-refractivity contribution is 6.01. The Morgan fingerprint density at radius 1 is 1.07 bits per heavy atom. The molecule has 0 radical (unpaired) electrons. The van der Waals surface area contributed by atoms with Crippen molar-refractivity contribution in [3.05, 3.63) is 82.4 Å². The SMILES string of the molecule is CC(C1=CCCC=C1)c1cc2cc3c(-c4ccncc4)n[nH]c3cc2[nH]c1=O. The highest BCUT2D eigenvalue weighted by Crippen LogP contribution is 2.31. The highest BCUT2D eigenvalue weighted by atomic mass is 16.1. The molecule has 0 aliphatic heterocycles. The molecule has 1 atom stereocenters. The van der Waals surface area contributed by atoms with E-state index in [4.69, 9.17) is 0 Å². The maximum Gasteiger partial charge on any atom is 0.252 e. The summed E-state index contributed by atoms with van der Waals surface area (Å²) in [5, 5.41) is 9.59. The van der Waals surface area contributed by atoms with Crippen molar-refractivity contribution in [2.24, 2.45) is 0 Å². The fourth-order valence-corrected chi connectivity index (χ4v) is 3.92. The number of nitrogens with one attached hydrogen (secondary N) is 2. The number of nitrogens with zero attached hydrogens (tertiary/aromatic N) is 2. The number of pyridine rings is 2. The van der Waals surface area contributed by atoms with Gasteiger partial charge in [-0.05, 0) is 54.1 Å². The Labute approximate surface area is 161 Å². The van der Waals surface area contributed by atoms with Gasteiger partial charge in [0.2, 0.25) is 0 Å². The molecule has 138 valence electrons. The molecule has 1 aromatic carbocycles. The molecular weight excluding hydrogens is 348 g/mol. The molecule has 0 amide bonds. The van der Waals surface area contributed by atoms with Crippen LogP contribution in [0.15, 0.2) is 71.3 Å². The second kappa shape index (κ2) is 6.60. The molecule has 2 N–H and O–H groups in total. The van der Waals surface area contributed by atoms with Crippen LogP contribution in [0.5, 0.6) is 0 Å². The lowest BCUT2D eigenvalue weighted by Gasteiger charge is -2.16. The van der Waals surface area contributed by atoms with E-state index in [2.05, 4.69) is 51.4 Å². The first kappa shape index (κ1) is 16.7. The summed E-state index contributed by atoms with van der Waals surface area (Å²) >= 11 is 0. The lowest BCUT2D eigenvalue weighted by atomic mass is 9.89. The third-order valence-corrected chi connectivity index (χ3v) is 5.50. The molecule has 0 bridgehead atoms. The number of rotatable bonds is 3. The summed E-state index contributed by atoms with van der Waals surface area (Å²) in [5.41, 5.74) is 5.57. The monoisotopic (exact) mass is 368 g/mol. The van der Waals surface area contributed by atoms with E-state index in [1.54, 1.807) is 12.4 Å². The van der Waals surface area contributed by atoms with Gasteiger partial charge in [0.05, 0.1) is 11.0 Å². The van der Waals surface area contributed by atoms with Crippen molar-refractivity contribution in [3.8, 4) is 11.3 Å². The van der Waals surface area contributed by atoms with Crippen molar-refractivity contribution < 1.29 is 0 Å². The second-order valence-electron chi connectivity index (χ2n) is 7.25. The number of fused-ring (bicyclic) bond motifs is 2. The predicted octanol–water partition coefficient (Wildman–Crippen LogP) is 4.85. The maximum atomic E-state index is 12.7. The van der Waals surface area contributed by atoms with E-state index in [0.717, 1.165) is 51.5 Å². The summed E-state index contributed by atoms with van der Waals surface area (Å²) in [6.07, 6.45) is 12.2. The van der Waals surface area contributed by atoms with Crippen LogP contribution in [0.2, 0.25) is 0 Å². The first-order chi connectivity index (χ1) is 13.7. The van der Waals surface area contributed by atoms with E-state index in [0.29, 0.717) is 0 Å². The summed E-state index contributed by atoms with van der Waals surface area (Å²) in [7, 11) is 0. The normalized spacial score (nSPS) is 15.1. The fraction of sp³-hybridized carbons (Fsp3) is 0.174. The van der Waals surface area contributed by atoms with Gasteiger partial charge in [0, 0.05) is 34.8 Å². The zero-order valence-corrected chi connectivity index (χ0v) is 15.6. The van der Waals surface area contributed by atoms with Crippen LogP contribution in [0.3, 0.4) is 0 Å². The molecule has 0 saturated carbocycles. The van der Waals surface area contributed by atoms with Gasteiger partial charge in [-0.2, -0.15) is 5.10 Å². The van der Waals surface area contributed by atoms with Crippen molar-refractivity contribution in [2.45, 2.75) is 25.7 Å². The fourth-order valence-electron chi connectivity index (χ4n) is 3.92. The van der Waals surface area contributed by atoms with E-state index in [1.807, 2.05) is 24.3 Å². The second-order valence-corrected chi connectivity index (χ2v) is 7.25. The van der Waals surface area contributed by atoms with Crippen LogP contribution >= 0.6 is 0 Å². The standard InChI is InChI=1S/C23H20N4O/c1-14(15-5-3-2-4-6-15)18-11-17-12-19-21(13-20(17)25-23(18)28)26-27-22(19)16-7-9-24-10-8-16/h3,5-14H,2,4H2,1H3,(H,25,28)(H,26,27). The van der Waals surface area contributed by atoms with Gasteiger partial charge >= 0.3 is 0 Å². The minimum atomic E-state index is -0.0342. The lowest BCUT2D eigenvalue weighted by molar-refractivity contribution is 0.868. The number of benzene rings is 1. The van der Waals surface area contributed by atoms with Crippen molar-refractivity contribution >= 4 is 21.8 Å². The third-order valence-electron chi connectivity index (χ3n) is 5.50.